The summed E-state index contributed by atoms with van der Waals surface area (Å²) in [6.07, 6.45) is -0.425. The molecule has 1 rings (SSSR count). The fraction of sp³-hybridized carbons (Fsp3) is 0.500. The van der Waals surface area contributed by atoms with Crippen molar-refractivity contribution in [1.82, 2.24) is 0 Å². The molecule has 0 aromatic heterocycles. The number of hydrogen-bond donors (Lipinski definition) is 1. The molecule has 0 aliphatic heterocycles. The topological polar surface area (TPSA) is 38.3 Å². The van der Waals surface area contributed by atoms with Gasteiger partial charge in [0.05, 0.1) is 0 Å². The van der Waals surface area contributed by atoms with Gasteiger partial charge in [-0.05, 0) is 39.8 Å². The van der Waals surface area contributed by atoms with Crippen molar-refractivity contribution < 1.29 is 9.53 Å². The van der Waals surface area contributed by atoms with Crippen LogP contribution in [0.15, 0.2) is 24.3 Å². The van der Waals surface area contributed by atoms with Crippen LogP contribution in [0.3, 0.4) is 0 Å². The monoisotopic (exact) mass is 237 g/mol. The molecule has 1 aromatic carbocycles. The van der Waals surface area contributed by atoms with E-state index in [-0.39, 0.29) is 0 Å². The maximum absolute atomic E-state index is 11.4. The molecule has 0 aliphatic rings. The second-order valence-electron chi connectivity index (χ2n) is 4.49. The summed E-state index contributed by atoms with van der Waals surface area (Å²) in [6.45, 7) is 11.5. The first kappa shape index (κ1) is 15.5. The van der Waals surface area contributed by atoms with Crippen molar-refractivity contribution in [2.24, 2.45) is 0 Å². The number of hydrogen-bond acceptors (Lipinski definition) is 2. The standard InChI is InChI=1S/C12H17NO2.C2H6/c1-9-5-7-10(8-6-9)13-11(14)15-12(2,3)4;1-2/h5-8H,1-4H3,(H,13,14);1-2H3. The summed E-state index contributed by atoms with van der Waals surface area (Å²) in [5.74, 6) is 0. The molecule has 0 saturated carbocycles. The Labute approximate surface area is 104 Å². The number of carbonyl (C=O) groups excluding carboxylic acids is 1. The second-order valence-corrected chi connectivity index (χ2v) is 4.49. The number of carbonyl (C=O) groups is 1. The SMILES string of the molecule is CC.Cc1ccc(NC(=O)OC(C)(C)C)cc1. The zero-order valence-corrected chi connectivity index (χ0v) is 11.6. The largest absolute Gasteiger partial charge is 0.444 e. The molecule has 0 fully saturated rings. The van der Waals surface area contributed by atoms with Gasteiger partial charge in [0.2, 0.25) is 0 Å². The predicted molar refractivity (Wildman–Crippen MR) is 72.4 cm³/mol. The maximum atomic E-state index is 11.4. The van der Waals surface area contributed by atoms with Crippen molar-refractivity contribution in [3.63, 3.8) is 0 Å². The van der Waals surface area contributed by atoms with E-state index in [1.165, 1.54) is 0 Å². The molecule has 0 radical (unpaired) electrons. The summed E-state index contributed by atoms with van der Waals surface area (Å²) in [6, 6.07) is 7.57. The fourth-order valence-corrected chi connectivity index (χ4v) is 1.06. The van der Waals surface area contributed by atoms with E-state index in [9.17, 15) is 4.79 Å². The zero-order valence-electron chi connectivity index (χ0n) is 11.6. The lowest BCUT2D eigenvalue weighted by Gasteiger charge is -2.19. The lowest BCUT2D eigenvalue weighted by Crippen LogP contribution is -2.27. The highest BCUT2D eigenvalue weighted by atomic mass is 16.6. The second kappa shape index (κ2) is 6.94. The molecule has 0 aliphatic carbocycles. The van der Waals surface area contributed by atoms with Gasteiger partial charge < -0.3 is 4.74 Å². The smallest absolute Gasteiger partial charge is 0.412 e. The van der Waals surface area contributed by atoms with E-state index >= 15 is 0 Å². The summed E-state index contributed by atoms with van der Waals surface area (Å²) >= 11 is 0. The molecule has 0 heterocycles. The highest BCUT2D eigenvalue weighted by Crippen LogP contribution is 2.12. The molecule has 0 unspecified atom stereocenters. The van der Waals surface area contributed by atoms with E-state index in [4.69, 9.17) is 4.74 Å². The summed E-state index contributed by atoms with van der Waals surface area (Å²) in [5, 5.41) is 2.66. The molecular weight excluding hydrogens is 214 g/mol. The molecule has 3 nitrogen and oxygen atoms in total. The molecule has 1 N–H and O–H groups in total. The van der Waals surface area contributed by atoms with Gasteiger partial charge in [-0.25, -0.2) is 4.79 Å². The van der Waals surface area contributed by atoms with Crippen molar-refractivity contribution in [1.29, 1.82) is 0 Å². The number of ether oxygens (including phenoxy) is 1. The van der Waals surface area contributed by atoms with Gasteiger partial charge in [-0.2, -0.15) is 0 Å². The van der Waals surface area contributed by atoms with E-state index in [1.807, 2.05) is 65.8 Å². The first-order valence-electron chi connectivity index (χ1n) is 5.93. The highest BCUT2D eigenvalue weighted by Gasteiger charge is 2.15. The van der Waals surface area contributed by atoms with Crippen LogP contribution in [0.2, 0.25) is 0 Å². The number of aryl methyl sites for hydroxylation is 1. The highest BCUT2D eigenvalue weighted by molar-refractivity contribution is 5.84. The Morgan fingerprint density at radius 2 is 1.59 bits per heavy atom. The summed E-state index contributed by atoms with van der Waals surface area (Å²) in [5.41, 5.74) is 1.44. The molecule has 96 valence electrons. The van der Waals surface area contributed by atoms with E-state index in [0.29, 0.717) is 0 Å². The Morgan fingerprint density at radius 1 is 1.12 bits per heavy atom. The van der Waals surface area contributed by atoms with Crippen molar-refractivity contribution in [3.8, 4) is 0 Å². The van der Waals surface area contributed by atoms with Crippen LogP contribution in [0.5, 0.6) is 0 Å². The lowest BCUT2D eigenvalue weighted by molar-refractivity contribution is 0.0636. The van der Waals surface area contributed by atoms with Crippen LogP contribution >= 0.6 is 0 Å². The number of benzene rings is 1. The van der Waals surface area contributed by atoms with E-state index < -0.39 is 11.7 Å². The third-order valence-electron chi connectivity index (χ3n) is 1.70. The molecule has 0 saturated heterocycles. The van der Waals surface area contributed by atoms with Gasteiger partial charge in [0.25, 0.3) is 0 Å². The van der Waals surface area contributed by atoms with Crippen LogP contribution in [-0.2, 0) is 4.74 Å². The quantitative estimate of drug-likeness (QED) is 0.787. The third-order valence-corrected chi connectivity index (χ3v) is 1.70. The molecule has 1 amide bonds. The Kier molecular flexibility index (Phi) is 6.33. The van der Waals surface area contributed by atoms with Gasteiger partial charge in [0, 0.05) is 5.69 Å². The summed E-state index contributed by atoms with van der Waals surface area (Å²) in [4.78, 5) is 11.4. The number of amides is 1. The van der Waals surface area contributed by atoms with Crippen molar-refractivity contribution in [3.05, 3.63) is 29.8 Å². The van der Waals surface area contributed by atoms with Crippen LogP contribution in [0.1, 0.15) is 40.2 Å². The average molecular weight is 237 g/mol. The van der Waals surface area contributed by atoms with Crippen molar-refractivity contribution in [2.75, 3.05) is 5.32 Å². The minimum Gasteiger partial charge on any atom is -0.444 e. The molecular formula is C14H23NO2. The van der Waals surface area contributed by atoms with Crippen LogP contribution < -0.4 is 5.32 Å². The first-order chi connectivity index (χ1) is 7.87. The van der Waals surface area contributed by atoms with Crippen LogP contribution in [-0.4, -0.2) is 11.7 Å². The molecule has 0 atom stereocenters. The summed E-state index contributed by atoms with van der Waals surface area (Å²) < 4.78 is 5.12. The number of anilines is 1. The van der Waals surface area contributed by atoms with Gasteiger partial charge in [-0.1, -0.05) is 31.5 Å². The molecule has 17 heavy (non-hydrogen) atoms. The number of rotatable bonds is 1. The van der Waals surface area contributed by atoms with Crippen molar-refractivity contribution in [2.45, 2.75) is 47.1 Å². The Hall–Kier alpha value is -1.51. The van der Waals surface area contributed by atoms with Gasteiger partial charge in [0.1, 0.15) is 5.60 Å². The maximum Gasteiger partial charge on any atom is 0.412 e. The van der Waals surface area contributed by atoms with Gasteiger partial charge >= 0.3 is 6.09 Å². The van der Waals surface area contributed by atoms with Crippen LogP contribution in [0, 0.1) is 6.92 Å². The Balaban J connectivity index is 0.00000121. The number of nitrogens with one attached hydrogen (secondary N) is 1. The fourth-order valence-electron chi connectivity index (χ4n) is 1.06. The van der Waals surface area contributed by atoms with E-state index in [1.54, 1.807) is 0 Å². The van der Waals surface area contributed by atoms with Crippen LogP contribution in [0.4, 0.5) is 10.5 Å². The van der Waals surface area contributed by atoms with Crippen LogP contribution in [0.25, 0.3) is 0 Å². The van der Waals surface area contributed by atoms with E-state index in [2.05, 4.69) is 5.32 Å². The minimum absolute atomic E-state index is 0.425. The van der Waals surface area contributed by atoms with Gasteiger partial charge in [0.15, 0.2) is 0 Å². The lowest BCUT2D eigenvalue weighted by atomic mass is 10.2. The third kappa shape index (κ3) is 7.39. The molecule has 0 bridgehead atoms. The predicted octanol–water partition coefficient (Wildman–Crippen LogP) is 4.37. The Morgan fingerprint density at radius 3 is 2.00 bits per heavy atom. The van der Waals surface area contributed by atoms with E-state index in [0.717, 1.165) is 11.3 Å². The van der Waals surface area contributed by atoms with Gasteiger partial charge in [-0.15, -0.1) is 0 Å². The average Bonchev–Trinajstić information content (AvgIpc) is 2.22. The normalized spacial score (nSPS) is 10.0. The zero-order chi connectivity index (χ0) is 13.5. The molecule has 1 aromatic rings. The first-order valence-corrected chi connectivity index (χ1v) is 5.93. The molecule has 0 spiro atoms. The van der Waals surface area contributed by atoms with Gasteiger partial charge in [-0.3, -0.25) is 5.32 Å². The summed E-state index contributed by atoms with van der Waals surface area (Å²) in [7, 11) is 0. The van der Waals surface area contributed by atoms with Crippen molar-refractivity contribution >= 4 is 11.8 Å². The Bertz CT molecular complexity index is 336. The molecule has 3 heteroatoms. The minimum atomic E-state index is -0.464.